The van der Waals surface area contributed by atoms with Gasteiger partial charge in [-0.3, -0.25) is 4.90 Å². The fraction of sp³-hybridized carbons (Fsp3) is 0.500. The molecule has 6 nitrogen and oxygen atoms in total. The molecule has 168 valence electrons. The Morgan fingerprint density at radius 1 is 1.06 bits per heavy atom. The van der Waals surface area contributed by atoms with Crippen molar-refractivity contribution in [2.75, 3.05) is 39.5 Å². The summed E-state index contributed by atoms with van der Waals surface area (Å²) in [6, 6.07) is 17.8. The van der Waals surface area contributed by atoms with Crippen LogP contribution in [0.25, 0.3) is 0 Å². The highest BCUT2D eigenvalue weighted by molar-refractivity contribution is 7.89. The lowest BCUT2D eigenvalue weighted by molar-refractivity contribution is 0.0730. The number of hydrogen-bond donors (Lipinski definition) is 0. The maximum atomic E-state index is 12.7. The Balaban J connectivity index is 1.33. The molecule has 1 aliphatic carbocycles. The van der Waals surface area contributed by atoms with Crippen LogP contribution in [0.3, 0.4) is 0 Å². The van der Waals surface area contributed by atoms with Crippen molar-refractivity contribution in [3.63, 3.8) is 0 Å². The van der Waals surface area contributed by atoms with Gasteiger partial charge in [-0.05, 0) is 55.5 Å². The van der Waals surface area contributed by atoms with E-state index in [2.05, 4.69) is 36.1 Å². The first kappa shape index (κ1) is 22.3. The van der Waals surface area contributed by atoms with Crippen LogP contribution >= 0.6 is 0 Å². The first-order valence-corrected chi connectivity index (χ1v) is 12.6. The molecule has 1 atom stereocenters. The van der Waals surface area contributed by atoms with E-state index in [1.165, 1.54) is 22.7 Å². The predicted molar refractivity (Wildman–Crippen MR) is 121 cm³/mol. The fourth-order valence-electron chi connectivity index (χ4n) is 4.05. The van der Waals surface area contributed by atoms with Crippen molar-refractivity contribution in [1.29, 1.82) is 0 Å². The normalized spacial score (nSPS) is 18.8. The number of sulfonamides is 1. The Hall–Kier alpha value is -1.93. The second-order valence-corrected chi connectivity index (χ2v) is 10.3. The minimum absolute atomic E-state index is 0.301. The summed E-state index contributed by atoms with van der Waals surface area (Å²) in [6.07, 6.45) is 2.62. The summed E-state index contributed by atoms with van der Waals surface area (Å²) in [4.78, 5) is 2.79. The van der Waals surface area contributed by atoms with Gasteiger partial charge in [0.25, 0.3) is 0 Å². The first-order valence-electron chi connectivity index (χ1n) is 11.1. The van der Waals surface area contributed by atoms with E-state index in [1.54, 1.807) is 24.3 Å². The van der Waals surface area contributed by atoms with E-state index in [4.69, 9.17) is 9.47 Å². The third-order valence-electron chi connectivity index (χ3n) is 6.19. The fourth-order valence-corrected chi connectivity index (χ4v) is 5.45. The number of morpholine rings is 1. The molecule has 0 amide bonds. The molecule has 7 heteroatoms. The van der Waals surface area contributed by atoms with Crippen LogP contribution in [0.1, 0.15) is 25.3 Å². The van der Waals surface area contributed by atoms with Crippen molar-refractivity contribution >= 4 is 10.0 Å². The molecule has 2 aromatic carbocycles. The first-order chi connectivity index (χ1) is 15.0. The topological polar surface area (TPSA) is 59.1 Å². The van der Waals surface area contributed by atoms with Gasteiger partial charge in [0.2, 0.25) is 10.0 Å². The molecule has 0 radical (unpaired) electrons. The maximum Gasteiger partial charge on any atom is 0.243 e. The largest absolute Gasteiger partial charge is 0.492 e. The lowest BCUT2D eigenvalue weighted by Crippen LogP contribution is -2.40. The van der Waals surface area contributed by atoms with E-state index in [9.17, 15) is 8.42 Å². The number of nitrogens with zero attached hydrogens (tertiary/aromatic N) is 2. The molecule has 4 rings (SSSR count). The second-order valence-electron chi connectivity index (χ2n) is 8.37. The second kappa shape index (κ2) is 10.1. The molecule has 2 fully saturated rings. The lowest BCUT2D eigenvalue weighted by Gasteiger charge is -2.29. The number of ether oxygens (including phenoxy) is 2. The van der Waals surface area contributed by atoms with Crippen molar-refractivity contribution in [3.8, 4) is 5.75 Å². The molecule has 0 spiro atoms. The molecule has 31 heavy (non-hydrogen) atoms. The quantitative estimate of drug-likeness (QED) is 0.562. The average Bonchev–Trinajstić information content (AvgIpc) is 3.65. The van der Waals surface area contributed by atoms with Crippen LogP contribution in [0.5, 0.6) is 5.75 Å². The van der Waals surface area contributed by atoms with E-state index >= 15 is 0 Å². The molecule has 0 N–H and O–H groups in total. The summed E-state index contributed by atoms with van der Waals surface area (Å²) in [6.45, 7) is 6.32. The molecular weight excluding hydrogens is 412 g/mol. The Morgan fingerprint density at radius 2 is 1.74 bits per heavy atom. The molecule has 0 aromatic heterocycles. The van der Waals surface area contributed by atoms with Gasteiger partial charge in [0.15, 0.2) is 0 Å². The highest BCUT2D eigenvalue weighted by Crippen LogP contribution is 2.35. The van der Waals surface area contributed by atoms with Crippen LogP contribution in [0.2, 0.25) is 0 Å². The van der Waals surface area contributed by atoms with Gasteiger partial charge in [0, 0.05) is 32.2 Å². The third-order valence-corrected chi connectivity index (χ3v) is 8.10. The number of benzene rings is 2. The Labute approximate surface area is 185 Å². The van der Waals surface area contributed by atoms with Crippen molar-refractivity contribution in [2.24, 2.45) is 5.92 Å². The standard InChI is InChI=1S/C24H32N2O4S/c1-20(22-7-8-22)25(19-21-5-3-2-4-6-21)13-18-30-23-9-11-24(12-10-23)31(27,28)26-14-16-29-17-15-26/h2-6,9-12,20,22H,7-8,13-19H2,1H3. The molecular formula is C24H32N2O4S. The predicted octanol–water partition coefficient (Wildman–Crippen LogP) is 3.39. The molecule has 1 saturated heterocycles. The molecule has 1 saturated carbocycles. The van der Waals surface area contributed by atoms with Gasteiger partial charge in [-0.15, -0.1) is 0 Å². The van der Waals surface area contributed by atoms with Crippen LogP contribution in [-0.2, 0) is 21.3 Å². The maximum absolute atomic E-state index is 12.7. The summed E-state index contributed by atoms with van der Waals surface area (Å²) in [5.74, 6) is 1.48. The Morgan fingerprint density at radius 3 is 2.39 bits per heavy atom. The van der Waals surface area contributed by atoms with Gasteiger partial charge in [-0.2, -0.15) is 4.31 Å². The summed E-state index contributed by atoms with van der Waals surface area (Å²) in [5, 5.41) is 0. The zero-order valence-electron chi connectivity index (χ0n) is 18.2. The SMILES string of the molecule is CC(C1CC1)N(CCOc1ccc(S(=O)(=O)N2CCOCC2)cc1)Cc1ccccc1. The smallest absolute Gasteiger partial charge is 0.243 e. The van der Waals surface area contributed by atoms with Gasteiger partial charge in [0.1, 0.15) is 12.4 Å². The highest BCUT2D eigenvalue weighted by atomic mass is 32.2. The summed E-state index contributed by atoms with van der Waals surface area (Å²) in [7, 11) is -3.47. The third kappa shape index (κ3) is 5.86. The zero-order valence-corrected chi connectivity index (χ0v) is 19.0. The average molecular weight is 445 g/mol. The van der Waals surface area contributed by atoms with Crippen LogP contribution in [0, 0.1) is 5.92 Å². The Kier molecular flexibility index (Phi) is 7.27. The Bertz CT molecular complexity index is 924. The molecule has 1 heterocycles. The lowest BCUT2D eigenvalue weighted by atomic mass is 10.1. The molecule has 2 aliphatic rings. The molecule has 2 aromatic rings. The zero-order chi connectivity index (χ0) is 21.7. The van der Waals surface area contributed by atoms with Gasteiger partial charge in [-0.25, -0.2) is 8.42 Å². The minimum atomic E-state index is -3.47. The summed E-state index contributed by atoms with van der Waals surface area (Å²) >= 11 is 0. The van der Waals surface area contributed by atoms with Gasteiger partial charge >= 0.3 is 0 Å². The van der Waals surface area contributed by atoms with Gasteiger partial charge < -0.3 is 9.47 Å². The minimum Gasteiger partial charge on any atom is -0.492 e. The van der Waals surface area contributed by atoms with Crippen LogP contribution in [0.4, 0.5) is 0 Å². The monoisotopic (exact) mass is 444 g/mol. The van der Waals surface area contributed by atoms with Crippen LogP contribution in [0.15, 0.2) is 59.5 Å². The van der Waals surface area contributed by atoms with Crippen molar-refractivity contribution < 1.29 is 17.9 Å². The van der Waals surface area contributed by atoms with E-state index in [-0.39, 0.29) is 0 Å². The van der Waals surface area contributed by atoms with Crippen LogP contribution in [-0.4, -0.2) is 63.1 Å². The molecule has 1 aliphatic heterocycles. The van der Waals surface area contributed by atoms with Crippen molar-refractivity contribution in [2.45, 2.75) is 37.2 Å². The number of hydrogen-bond acceptors (Lipinski definition) is 5. The van der Waals surface area contributed by atoms with E-state index < -0.39 is 10.0 Å². The number of rotatable bonds is 10. The van der Waals surface area contributed by atoms with E-state index in [0.29, 0.717) is 49.6 Å². The van der Waals surface area contributed by atoms with E-state index in [0.717, 1.165) is 19.0 Å². The van der Waals surface area contributed by atoms with Crippen molar-refractivity contribution in [1.82, 2.24) is 9.21 Å². The van der Waals surface area contributed by atoms with Gasteiger partial charge in [-0.1, -0.05) is 30.3 Å². The van der Waals surface area contributed by atoms with Gasteiger partial charge in [0.05, 0.1) is 18.1 Å². The molecule has 0 bridgehead atoms. The molecule has 1 unspecified atom stereocenters. The summed E-state index contributed by atoms with van der Waals surface area (Å²) < 4.78 is 38.2. The highest BCUT2D eigenvalue weighted by Gasteiger charge is 2.32. The van der Waals surface area contributed by atoms with Crippen molar-refractivity contribution in [3.05, 3.63) is 60.2 Å². The van der Waals surface area contributed by atoms with Crippen LogP contribution < -0.4 is 4.74 Å². The summed E-state index contributed by atoms with van der Waals surface area (Å²) in [5.41, 5.74) is 1.31. The van der Waals surface area contributed by atoms with E-state index in [1.807, 2.05) is 6.07 Å².